The molecule has 8 nitrogen and oxygen atoms in total. The molecule has 1 N–H and O–H groups in total. The molecule has 0 saturated carbocycles. The number of benzene rings is 2. The highest BCUT2D eigenvalue weighted by molar-refractivity contribution is 6.42. The maximum absolute atomic E-state index is 12.4. The molecule has 0 unspecified atom stereocenters. The molecule has 2 aromatic carbocycles. The minimum Gasteiger partial charge on any atom is -0.495 e. The number of nitro groups is 1. The van der Waals surface area contributed by atoms with Crippen molar-refractivity contribution in [2.24, 2.45) is 0 Å². The minimum atomic E-state index is -0.621. The van der Waals surface area contributed by atoms with E-state index in [1.54, 1.807) is 18.2 Å². The number of halogens is 2. The third-order valence-corrected chi connectivity index (χ3v) is 4.28. The van der Waals surface area contributed by atoms with Crippen molar-refractivity contribution < 1.29 is 18.9 Å². The number of oxazole rings is 1. The largest absolute Gasteiger partial charge is 0.495 e. The molecular weight excluding hydrogens is 397 g/mol. The predicted octanol–water partition coefficient (Wildman–Crippen LogP) is 4.82. The fourth-order valence-electron chi connectivity index (χ4n) is 2.23. The third-order valence-electron chi connectivity index (χ3n) is 3.55. The number of hydrogen-bond donors (Lipinski definition) is 1. The number of non-ortho nitro benzene ring substituents is 1. The maximum Gasteiger partial charge on any atom is 0.277 e. The van der Waals surface area contributed by atoms with Crippen molar-refractivity contribution in [1.29, 1.82) is 0 Å². The van der Waals surface area contributed by atoms with Crippen molar-refractivity contribution in [2.75, 3.05) is 12.4 Å². The summed E-state index contributed by atoms with van der Waals surface area (Å²) in [7, 11) is 1.38. The number of hydrogen-bond acceptors (Lipinski definition) is 6. The molecule has 3 rings (SSSR count). The SMILES string of the molecule is COc1ccc([N+](=O)[O-])cc1NC(=O)c1coc(-c2ccc(Cl)c(Cl)c2)n1. The van der Waals surface area contributed by atoms with Crippen LogP contribution >= 0.6 is 23.2 Å². The summed E-state index contributed by atoms with van der Waals surface area (Å²) >= 11 is 11.8. The van der Waals surface area contributed by atoms with Crippen LogP contribution in [0.25, 0.3) is 11.5 Å². The van der Waals surface area contributed by atoms with Gasteiger partial charge in [0.25, 0.3) is 11.6 Å². The lowest BCUT2D eigenvalue weighted by atomic mass is 10.2. The number of anilines is 1. The van der Waals surface area contributed by atoms with E-state index in [-0.39, 0.29) is 28.7 Å². The summed E-state index contributed by atoms with van der Waals surface area (Å²) in [6.45, 7) is 0. The Morgan fingerprint density at radius 1 is 1.22 bits per heavy atom. The number of aromatic nitrogens is 1. The van der Waals surface area contributed by atoms with E-state index < -0.39 is 10.8 Å². The van der Waals surface area contributed by atoms with Gasteiger partial charge in [-0.05, 0) is 24.3 Å². The van der Waals surface area contributed by atoms with Gasteiger partial charge in [-0.15, -0.1) is 0 Å². The van der Waals surface area contributed by atoms with E-state index in [4.69, 9.17) is 32.4 Å². The molecule has 0 aliphatic heterocycles. The first-order valence-corrected chi connectivity index (χ1v) is 8.19. The lowest BCUT2D eigenvalue weighted by Gasteiger charge is -2.08. The summed E-state index contributed by atoms with van der Waals surface area (Å²) in [5.41, 5.74) is 0.458. The van der Waals surface area contributed by atoms with Crippen molar-refractivity contribution >= 4 is 40.5 Å². The Balaban J connectivity index is 1.85. The second kappa shape index (κ2) is 7.65. The van der Waals surface area contributed by atoms with E-state index in [0.29, 0.717) is 15.6 Å². The van der Waals surface area contributed by atoms with Crippen molar-refractivity contribution in [3.8, 4) is 17.2 Å². The first-order chi connectivity index (χ1) is 12.9. The monoisotopic (exact) mass is 407 g/mol. The molecule has 0 saturated heterocycles. The normalized spacial score (nSPS) is 10.5. The van der Waals surface area contributed by atoms with Gasteiger partial charge < -0.3 is 14.5 Å². The van der Waals surface area contributed by atoms with Crippen molar-refractivity contribution in [1.82, 2.24) is 4.98 Å². The summed E-state index contributed by atoms with van der Waals surface area (Å²) in [6, 6.07) is 8.63. The highest BCUT2D eigenvalue weighted by Gasteiger charge is 2.18. The summed E-state index contributed by atoms with van der Waals surface area (Å²) in [4.78, 5) is 26.9. The molecule has 0 bridgehead atoms. The molecule has 138 valence electrons. The third kappa shape index (κ3) is 4.02. The van der Waals surface area contributed by atoms with Gasteiger partial charge in [-0.1, -0.05) is 23.2 Å². The van der Waals surface area contributed by atoms with Crippen LogP contribution in [0.5, 0.6) is 5.75 Å². The molecule has 0 radical (unpaired) electrons. The van der Waals surface area contributed by atoms with Gasteiger partial charge in [-0.3, -0.25) is 14.9 Å². The lowest BCUT2D eigenvalue weighted by molar-refractivity contribution is -0.384. The molecule has 0 spiro atoms. The number of amides is 1. The number of carbonyl (C=O) groups is 1. The molecule has 27 heavy (non-hydrogen) atoms. The zero-order valence-corrected chi connectivity index (χ0v) is 15.2. The molecule has 3 aromatic rings. The Bertz CT molecular complexity index is 1040. The predicted molar refractivity (Wildman–Crippen MR) is 99.6 cm³/mol. The Morgan fingerprint density at radius 2 is 2.00 bits per heavy atom. The van der Waals surface area contributed by atoms with Crippen LogP contribution in [-0.4, -0.2) is 22.9 Å². The second-order valence-corrected chi connectivity index (χ2v) is 6.08. The van der Waals surface area contributed by atoms with Crippen LogP contribution in [-0.2, 0) is 0 Å². The van der Waals surface area contributed by atoms with Crippen molar-refractivity contribution in [3.05, 3.63) is 68.5 Å². The Kier molecular flexibility index (Phi) is 5.29. The number of ether oxygens (including phenoxy) is 1. The van der Waals surface area contributed by atoms with E-state index in [0.717, 1.165) is 6.26 Å². The van der Waals surface area contributed by atoms with E-state index in [9.17, 15) is 14.9 Å². The fraction of sp³-hybridized carbons (Fsp3) is 0.0588. The zero-order valence-electron chi connectivity index (χ0n) is 13.7. The number of rotatable bonds is 5. The van der Waals surface area contributed by atoms with Gasteiger partial charge in [-0.25, -0.2) is 4.98 Å². The molecule has 0 aliphatic carbocycles. The summed E-state index contributed by atoms with van der Waals surface area (Å²) < 4.78 is 10.4. The number of carbonyl (C=O) groups excluding carboxylic acids is 1. The number of nitrogens with one attached hydrogen (secondary N) is 1. The second-order valence-electron chi connectivity index (χ2n) is 5.26. The number of methoxy groups -OCH3 is 1. The van der Waals surface area contributed by atoms with Crippen LogP contribution in [0.2, 0.25) is 10.0 Å². The first kappa shape index (κ1) is 18.7. The van der Waals surface area contributed by atoms with Crippen LogP contribution in [0.1, 0.15) is 10.5 Å². The quantitative estimate of drug-likeness (QED) is 0.479. The van der Waals surface area contributed by atoms with Gasteiger partial charge in [-0.2, -0.15) is 0 Å². The maximum atomic E-state index is 12.4. The minimum absolute atomic E-state index is 0.0235. The van der Waals surface area contributed by atoms with Gasteiger partial charge in [0.1, 0.15) is 12.0 Å². The zero-order chi connectivity index (χ0) is 19.6. The molecular formula is C17H11Cl2N3O5. The smallest absolute Gasteiger partial charge is 0.277 e. The number of nitrogens with zero attached hydrogens (tertiary/aromatic N) is 2. The summed E-state index contributed by atoms with van der Waals surface area (Å²) in [6.07, 6.45) is 1.16. The van der Waals surface area contributed by atoms with Gasteiger partial charge >= 0.3 is 0 Å². The van der Waals surface area contributed by atoms with Crippen LogP contribution in [0.15, 0.2) is 47.1 Å². The molecule has 1 aromatic heterocycles. The van der Waals surface area contributed by atoms with Gasteiger partial charge in [0, 0.05) is 17.7 Å². The van der Waals surface area contributed by atoms with Crippen LogP contribution < -0.4 is 10.1 Å². The standard InChI is InChI=1S/C17H11Cl2N3O5/c1-26-15-5-3-10(22(24)25)7-13(15)20-16(23)14-8-27-17(21-14)9-2-4-11(18)12(19)6-9/h2-8H,1H3,(H,20,23). The average molecular weight is 408 g/mol. The molecule has 10 heteroatoms. The summed E-state index contributed by atoms with van der Waals surface area (Å²) in [5.74, 6) is -0.185. The Hall–Kier alpha value is -3.10. The fourth-order valence-corrected chi connectivity index (χ4v) is 2.53. The number of nitro benzene ring substituents is 1. The molecule has 0 atom stereocenters. The summed E-state index contributed by atoms with van der Waals surface area (Å²) in [5, 5.41) is 14.1. The van der Waals surface area contributed by atoms with Gasteiger partial charge in [0.05, 0.1) is 27.8 Å². The molecule has 1 heterocycles. The Labute approximate surface area is 162 Å². The van der Waals surface area contributed by atoms with Gasteiger partial charge in [0.2, 0.25) is 5.89 Å². The topological polar surface area (TPSA) is 108 Å². The molecule has 1 amide bonds. The van der Waals surface area contributed by atoms with Crippen LogP contribution in [0.4, 0.5) is 11.4 Å². The average Bonchev–Trinajstić information content (AvgIpc) is 3.14. The van der Waals surface area contributed by atoms with Crippen LogP contribution in [0, 0.1) is 10.1 Å². The van der Waals surface area contributed by atoms with E-state index in [2.05, 4.69) is 10.3 Å². The molecule has 0 fully saturated rings. The highest BCUT2D eigenvalue weighted by atomic mass is 35.5. The Morgan fingerprint density at radius 3 is 2.67 bits per heavy atom. The van der Waals surface area contributed by atoms with Crippen molar-refractivity contribution in [2.45, 2.75) is 0 Å². The van der Waals surface area contributed by atoms with E-state index in [1.165, 1.54) is 25.3 Å². The van der Waals surface area contributed by atoms with Gasteiger partial charge in [0.15, 0.2) is 5.69 Å². The van der Waals surface area contributed by atoms with E-state index in [1.807, 2.05) is 0 Å². The lowest BCUT2D eigenvalue weighted by Crippen LogP contribution is -2.13. The van der Waals surface area contributed by atoms with Crippen molar-refractivity contribution in [3.63, 3.8) is 0 Å². The van der Waals surface area contributed by atoms with Crippen LogP contribution in [0.3, 0.4) is 0 Å². The molecule has 0 aliphatic rings. The van der Waals surface area contributed by atoms with E-state index >= 15 is 0 Å². The first-order valence-electron chi connectivity index (χ1n) is 7.43. The highest BCUT2D eigenvalue weighted by Crippen LogP contribution is 2.30.